The van der Waals surface area contributed by atoms with Gasteiger partial charge in [-0.1, -0.05) is 53.7 Å². The number of benzene rings is 1. The second-order valence-corrected chi connectivity index (χ2v) is 8.09. The lowest BCUT2D eigenvalue weighted by Crippen LogP contribution is -2.51. The molecule has 1 unspecified atom stereocenters. The van der Waals surface area contributed by atoms with Crippen molar-refractivity contribution in [3.05, 3.63) is 35.4 Å². The molecule has 6 nitrogen and oxygen atoms in total. The van der Waals surface area contributed by atoms with Crippen molar-refractivity contribution >= 4 is 17.7 Å². The third-order valence-electron chi connectivity index (χ3n) is 4.24. The van der Waals surface area contributed by atoms with E-state index in [0.29, 0.717) is 12.1 Å². The molecule has 0 saturated carbocycles. The Bertz CT molecular complexity index is 646. The van der Waals surface area contributed by atoms with Crippen LogP contribution in [0.4, 0.5) is 0 Å². The number of hydrogen-bond donors (Lipinski definition) is 3. The molecular formula is C21H33N3O3. The lowest BCUT2D eigenvalue weighted by Gasteiger charge is -2.22. The lowest BCUT2D eigenvalue weighted by atomic mass is 9.86. The van der Waals surface area contributed by atoms with Crippen LogP contribution in [0, 0.1) is 5.92 Å². The molecule has 1 atom stereocenters. The molecule has 1 aromatic rings. The summed E-state index contributed by atoms with van der Waals surface area (Å²) in [5.74, 6) is -1.02. The highest BCUT2D eigenvalue weighted by Gasteiger charge is 2.25. The van der Waals surface area contributed by atoms with Crippen molar-refractivity contribution in [3.8, 4) is 0 Å². The molecule has 150 valence electrons. The summed E-state index contributed by atoms with van der Waals surface area (Å²) in [6.45, 7) is 12.5. The standard InChI is InChI=1S/C21H33N3O3/c1-7-12-22-17(25)13-23-20(27)18(14(2)3)24-19(26)15-8-10-16(11-9-15)21(4,5)6/h8-11,14,18H,7,12-13H2,1-6H3,(H,22,25)(H,23,27)(H,24,26). The number of rotatable bonds is 8. The second kappa shape index (κ2) is 10.1. The fourth-order valence-electron chi connectivity index (χ4n) is 2.49. The van der Waals surface area contributed by atoms with E-state index in [9.17, 15) is 14.4 Å². The minimum atomic E-state index is -0.709. The molecule has 0 fully saturated rings. The van der Waals surface area contributed by atoms with E-state index in [1.807, 2.05) is 32.9 Å². The highest BCUT2D eigenvalue weighted by molar-refractivity contribution is 5.98. The molecule has 0 aromatic heterocycles. The largest absolute Gasteiger partial charge is 0.355 e. The molecule has 0 aliphatic carbocycles. The molecule has 0 bridgehead atoms. The summed E-state index contributed by atoms with van der Waals surface area (Å²) in [6.07, 6.45) is 0.832. The maximum atomic E-state index is 12.5. The zero-order valence-corrected chi connectivity index (χ0v) is 17.3. The predicted molar refractivity (Wildman–Crippen MR) is 108 cm³/mol. The number of carbonyl (C=O) groups excluding carboxylic acids is 3. The molecule has 3 amide bonds. The topological polar surface area (TPSA) is 87.3 Å². The molecule has 0 aliphatic heterocycles. The van der Waals surface area contributed by atoms with Gasteiger partial charge in [0.2, 0.25) is 11.8 Å². The minimum absolute atomic E-state index is 0.00765. The summed E-state index contributed by atoms with van der Waals surface area (Å²) in [7, 11) is 0. The number of carbonyl (C=O) groups is 3. The third-order valence-corrected chi connectivity index (χ3v) is 4.24. The first-order valence-corrected chi connectivity index (χ1v) is 9.52. The van der Waals surface area contributed by atoms with Crippen molar-refractivity contribution in [2.24, 2.45) is 5.92 Å². The Morgan fingerprint density at radius 1 is 1.00 bits per heavy atom. The second-order valence-electron chi connectivity index (χ2n) is 8.09. The molecule has 0 saturated heterocycles. The maximum absolute atomic E-state index is 12.5. The zero-order valence-electron chi connectivity index (χ0n) is 17.3. The van der Waals surface area contributed by atoms with Crippen LogP contribution in [0.1, 0.15) is 63.9 Å². The van der Waals surface area contributed by atoms with Crippen LogP contribution in [0.5, 0.6) is 0 Å². The first kappa shape index (κ1) is 22.7. The molecule has 27 heavy (non-hydrogen) atoms. The quantitative estimate of drug-likeness (QED) is 0.652. The van der Waals surface area contributed by atoms with Gasteiger partial charge in [-0.3, -0.25) is 14.4 Å². The van der Waals surface area contributed by atoms with Crippen LogP contribution in [0.25, 0.3) is 0 Å². The Kier molecular flexibility index (Phi) is 8.47. The number of amides is 3. The molecule has 0 spiro atoms. The van der Waals surface area contributed by atoms with Crippen LogP contribution in [0.15, 0.2) is 24.3 Å². The van der Waals surface area contributed by atoms with E-state index in [1.54, 1.807) is 12.1 Å². The Morgan fingerprint density at radius 2 is 1.59 bits per heavy atom. The van der Waals surface area contributed by atoms with Gasteiger partial charge in [-0.25, -0.2) is 0 Å². The summed E-state index contributed by atoms with van der Waals surface area (Å²) in [5, 5.41) is 8.07. The fraction of sp³-hybridized carbons (Fsp3) is 0.571. The zero-order chi connectivity index (χ0) is 20.6. The van der Waals surface area contributed by atoms with Crippen LogP contribution < -0.4 is 16.0 Å². The molecule has 3 N–H and O–H groups in total. The van der Waals surface area contributed by atoms with Crippen LogP contribution in [-0.4, -0.2) is 36.9 Å². The number of hydrogen-bond acceptors (Lipinski definition) is 3. The van der Waals surface area contributed by atoms with Gasteiger partial charge in [0.25, 0.3) is 5.91 Å². The van der Waals surface area contributed by atoms with E-state index in [4.69, 9.17) is 0 Å². The van der Waals surface area contributed by atoms with E-state index in [1.165, 1.54) is 0 Å². The van der Waals surface area contributed by atoms with E-state index in [2.05, 4.69) is 36.7 Å². The van der Waals surface area contributed by atoms with E-state index in [-0.39, 0.29) is 35.6 Å². The van der Waals surface area contributed by atoms with Crippen molar-refractivity contribution in [2.75, 3.05) is 13.1 Å². The van der Waals surface area contributed by atoms with Gasteiger partial charge in [-0.05, 0) is 35.4 Å². The Labute approximate surface area is 162 Å². The summed E-state index contributed by atoms with van der Waals surface area (Å²) < 4.78 is 0. The van der Waals surface area contributed by atoms with E-state index in [0.717, 1.165) is 12.0 Å². The average Bonchev–Trinajstić information content (AvgIpc) is 2.61. The number of nitrogens with one attached hydrogen (secondary N) is 3. The Morgan fingerprint density at radius 3 is 2.07 bits per heavy atom. The fourth-order valence-corrected chi connectivity index (χ4v) is 2.49. The molecular weight excluding hydrogens is 342 g/mol. The highest BCUT2D eigenvalue weighted by atomic mass is 16.2. The normalized spacial score (nSPS) is 12.4. The average molecular weight is 376 g/mol. The first-order chi connectivity index (χ1) is 12.6. The van der Waals surface area contributed by atoms with Crippen molar-refractivity contribution in [3.63, 3.8) is 0 Å². The maximum Gasteiger partial charge on any atom is 0.251 e. The van der Waals surface area contributed by atoms with Gasteiger partial charge < -0.3 is 16.0 Å². The summed E-state index contributed by atoms with van der Waals surface area (Å²) in [6, 6.07) is 6.68. The lowest BCUT2D eigenvalue weighted by molar-refractivity contribution is -0.127. The van der Waals surface area contributed by atoms with Gasteiger partial charge in [-0.2, -0.15) is 0 Å². The van der Waals surface area contributed by atoms with E-state index >= 15 is 0 Å². The predicted octanol–water partition coefficient (Wildman–Crippen LogP) is 2.38. The third kappa shape index (κ3) is 7.41. The minimum Gasteiger partial charge on any atom is -0.355 e. The van der Waals surface area contributed by atoms with Crippen LogP contribution >= 0.6 is 0 Å². The summed E-state index contributed by atoms with van der Waals surface area (Å²) in [5.41, 5.74) is 1.64. The van der Waals surface area contributed by atoms with Crippen molar-refractivity contribution < 1.29 is 14.4 Å². The van der Waals surface area contributed by atoms with Gasteiger partial charge in [0, 0.05) is 12.1 Å². The van der Waals surface area contributed by atoms with Gasteiger partial charge in [0.1, 0.15) is 6.04 Å². The van der Waals surface area contributed by atoms with Crippen LogP contribution in [0.2, 0.25) is 0 Å². The molecule has 0 heterocycles. The van der Waals surface area contributed by atoms with Crippen molar-refractivity contribution in [1.82, 2.24) is 16.0 Å². The Hall–Kier alpha value is -2.37. The van der Waals surface area contributed by atoms with Crippen molar-refractivity contribution in [2.45, 2.75) is 59.4 Å². The summed E-state index contributed by atoms with van der Waals surface area (Å²) >= 11 is 0. The van der Waals surface area contributed by atoms with Gasteiger partial charge in [0.15, 0.2) is 0 Å². The van der Waals surface area contributed by atoms with Gasteiger partial charge >= 0.3 is 0 Å². The first-order valence-electron chi connectivity index (χ1n) is 9.52. The summed E-state index contributed by atoms with van der Waals surface area (Å²) in [4.78, 5) is 36.6. The van der Waals surface area contributed by atoms with Crippen molar-refractivity contribution in [1.29, 1.82) is 0 Å². The molecule has 1 aromatic carbocycles. The van der Waals surface area contributed by atoms with Crippen LogP contribution in [0.3, 0.4) is 0 Å². The molecule has 1 rings (SSSR count). The van der Waals surface area contributed by atoms with Gasteiger partial charge in [0.05, 0.1) is 6.54 Å². The molecule has 6 heteroatoms. The monoisotopic (exact) mass is 375 g/mol. The highest BCUT2D eigenvalue weighted by Crippen LogP contribution is 2.22. The molecule has 0 aliphatic rings. The Balaban J connectivity index is 2.71. The SMILES string of the molecule is CCCNC(=O)CNC(=O)C(NC(=O)c1ccc(C(C)(C)C)cc1)C(C)C. The van der Waals surface area contributed by atoms with Gasteiger partial charge in [-0.15, -0.1) is 0 Å². The molecule has 0 radical (unpaired) electrons. The van der Waals surface area contributed by atoms with E-state index < -0.39 is 6.04 Å². The smallest absolute Gasteiger partial charge is 0.251 e. The van der Waals surface area contributed by atoms with Crippen LogP contribution in [-0.2, 0) is 15.0 Å².